The van der Waals surface area contributed by atoms with Crippen LogP contribution in [-0.4, -0.2) is 20.9 Å². The second kappa shape index (κ2) is 2.94. The molecule has 1 aromatic carbocycles. The quantitative estimate of drug-likeness (QED) is 0.613. The predicted molar refractivity (Wildman–Crippen MR) is 44.4 cm³/mol. The normalized spacial score (nSPS) is 16.4. The summed E-state index contributed by atoms with van der Waals surface area (Å²) in [5, 5.41) is 0. The minimum absolute atomic E-state index is 0.369. The van der Waals surface area contributed by atoms with Crippen LogP contribution in [0.4, 0.5) is 0 Å². The zero-order valence-corrected chi connectivity index (χ0v) is 8.17. The van der Waals surface area contributed by atoms with Crippen LogP contribution in [0.3, 0.4) is 0 Å². The molecule has 1 aromatic rings. The molecule has 52 valence electrons. The fourth-order valence-electron chi connectivity index (χ4n) is 1.31. The second-order valence-corrected chi connectivity index (χ2v) is 5.73. The van der Waals surface area contributed by atoms with Crippen LogP contribution < -0.4 is 0 Å². The van der Waals surface area contributed by atoms with Crippen molar-refractivity contribution < 1.29 is 0 Å². The Morgan fingerprint density at radius 2 is 1.90 bits per heavy atom. The molecule has 0 saturated carbocycles. The first-order valence-electron chi connectivity index (χ1n) is 3.61. The molecule has 2 rings (SSSR count). The van der Waals surface area contributed by atoms with E-state index >= 15 is 0 Å². The van der Waals surface area contributed by atoms with Gasteiger partial charge in [-0.15, -0.1) is 0 Å². The first-order chi connectivity index (χ1) is 4.97. The molecule has 0 radical (unpaired) electrons. The van der Waals surface area contributed by atoms with Crippen molar-refractivity contribution in [2.45, 2.75) is 15.4 Å². The fourth-order valence-corrected chi connectivity index (χ4v) is 4.19. The zero-order chi connectivity index (χ0) is 6.81. The van der Waals surface area contributed by atoms with Crippen molar-refractivity contribution in [2.24, 2.45) is 0 Å². The summed E-state index contributed by atoms with van der Waals surface area (Å²) >= 11 is 0.369. The molecule has 0 aliphatic carbocycles. The van der Waals surface area contributed by atoms with Crippen LogP contribution in [0.15, 0.2) is 24.3 Å². The monoisotopic (exact) mass is 248 g/mol. The van der Waals surface area contributed by atoms with E-state index in [1.54, 1.807) is 11.1 Å². The first kappa shape index (κ1) is 6.70. The van der Waals surface area contributed by atoms with Crippen molar-refractivity contribution in [1.82, 2.24) is 0 Å². The van der Waals surface area contributed by atoms with E-state index in [-0.39, 0.29) is 0 Å². The number of hydrogen-bond acceptors (Lipinski definition) is 0. The molecule has 0 amide bonds. The second-order valence-electron chi connectivity index (χ2n) is 2.57. The van der Waals surface area contributed by atoms with Crippen LogP contribution in [0.5, 0.6) is 0 Å². The summed E-state index contributed by atoms with van der Waals surface area (Å²) in [5.74, 6) is 0. The van der Waals surface area contributed by atoms with Crippen LogP contribution in [0.2, 0.25) is 4.47 Å². The Bertz CT molecular complexity index is 205. The average molecular weight is 246 g/mol. The van der Waals surface area contributed by atoms with Crippen LogP contribution in [0.25, 0.3) is 0 Å². The van der Waals surface area contributed by atoms with Crippen LogP contribution in [0, 0.1) is 0 Å². The number of fused-ring (bicyclic) bond motifs is 1. The van der Waals surface area contributed by atoms with Crippen molar-refractivity contribution in [3.05, 3.63) is 35.4 Å². The van der Waals surface area contributed by atoms with Gasteiger partial charge in [0.1, 0.15) is 0 Å². The van der Waals surface area contributed by atoms with Crippen molar-refractivity contribution in [2.75, 3.05) is 0 Å². The Labute approximate surface area is 71.7 Å². The Balaban J connectivity index is 2.41. The first-order valence-corrected chi connectivity index (χ1v) is 6.91. The van der Waals surface area contributed by atoms with Crippen LogP contribution >= 0.6 is 0 Å². The van der Waals surface area contributed by atoms with E-state index in [1.807, 2.05) is 0 Å². The van der Waals surface area contributed by atoms with Crippen LogP contribution in [-0.2, 0) is 10.9 Å². The number of rotatable bonds is 0. The summed E-state index contributed by atoms with van der Waals surface area (Å²) in [4.78, 5) is 0. The van der Waals surface area contributed by atoms with E-state index in [9.17, 15) is 0 Å². The van der Waals surface area contributed by atoms with Gasteiger partial charge in [0.15, 0.2) is 0 Å². The minimum atomic E-state index is 0.369. The molecule has 0 aromatic heterocycles. The number of benzene rings is 1. The van der Waals surface area contributed by atoms with Gasteiger partial charge in [-0.2, -0.15) is 0 Å². The summed E-state index contributed by atoms with van der Waals surface area (Å²) in [7, 11) is 0. The predicted octanol–water partition coefficient (Wildman–Crippen LogP) is 1.87. The third-order valence-corrected chi connectivity index (χ3v) is 4.77. The molecule has 0 spiro atoms. The van der Waals surface area contributed by atoms with E-state index in [0.717, 1.165) is 0 Å². The summed E-state index contributed by atoms with van der Waals surface area (Å²) in [6.07, 6.45) is 1.36. The van der Waals surface area contributed by atoms with E-state index in [1.165, 1.54) is 15.4 Å². The molecule has 1 heterocycles. The van der Waals surface area contributed by atoms with Crippen LogP contribution in [0.1, 0.15) is 11.1 Å². The standard InChI is InChI=1S/C9H10Te/c1-2-4-9-7-10-6-5-8(9)3-1/h1-4H,5-7H2. The molecule has 1 heteroatoms. The van der Waals surface area contributed by atoms with E-state index < -0.39 is 0 Å². The third kappa shape index (κ3) is 1.21. The molecule has 0 unspecified atom stereocenters. The van der Waals surface area contributed by atoms with Gasteiger partial charge in [-0.1, -0.05) is 0 Å². The molecule has 0 bridgehead atoms. The maximum atomic E-state index is 2.29. The van der Waals surface area contributed by atoms with Gasteiger partial charge in [0.25, 0.3) is 0 Å². The molecule has 10 heavy (non-hydrogen) atoms. The Kier molecular flexibility index (Phi) is 1.97. The summed E-state index contributed by atoms with van der Waals surface area (Å²) in [5.41, 5.74) is 3.25. The van der Waals surface area contributed by atoms with Gasteiger partial charge < -0.3 is 0 Å². The number of hydrogen-bond donors (Lipinski definition) is 0. The van der Waals surface area contributed by atoms with Gasteiger partial charge >= 0.3 is 71.7 Å². The summed E-state index contributed by atoms with van der Waals surface area (Å²) in [6, 6.07) is 8.89. The van der Waals surface area contributed by atoms with Gasteiger partial charge in [0, 0.05) is 0 Å². The molecule has 0 N–H and O–H groups in total. The van der Waals surface area contributed by atoms with E-state index in [0.29, 0.717) is 20.9 Å². The molecule has 1 aliphatic heterocycles. The molecule has 0 fully saturated rings. The fraction of sp³-hybridized carbons (Fsp3) is 0.333. The Morgan fingerprint density at radius 1 is 1.10 bits per heavy atom. The van der Waals surface area contributed by atoms with Crippen molar-refractivity contribution >= 4 is 20.9 Å². The van der Waals surface area contributed by atoms with Gasteiger partial charge in [-0.25, -0.2) is 0 Å². The van der Waals surface area contributed by atoms with Crippen molar-refractivity contribution in [3.8, 4) is 0 Å². The van der Waals surface area contributed by atoms with Gasteiger partial charge in [-0.05, 0) is 0 Å². The molecule has 0 nitrogen and oxygen atoms in total. The van der Waals surface area contributed by atoms with Gasteiger partial charge in [0.05, 0.1) is 0 Å². The third-order valence-electron chi connectivity index (χ3n) is 1.89. The molecule has 1 aliphatic rings. The summed E-state index contributed by atoms with van der Waals surface area (Å²) in [6.45, 7) is 0. The summed E-state index contributed by atoms with van der Waals surface area (Å²) < 4.78 is 2.95. The Hall–Kier alpha value is 0.00961. The molecule has 0 saturated heterocycles. The molecular weight excluding hydrogens is 236 g/mol. The van der Waals surface area contributed by atoms with Crippen molar-refractivity contribution in [3.63, 3.8) is 0 Å². The van der Waals surface area contributed by atoms with E-state index in [2.05, 4.69) is 24.3 Å². The molecular formula is C9H10Te. The molecule has 0 atom stereocenters. The number of aryl methyl sites for hydroxylation is 1. The van der Waals surface area contributed by atoms with E-state index in [4.69, 9.17) is 0 Å². The van der Waals surface area contributed by atoms with Crippen molar-refractivity contribution in [1.29, 1.82) is 0 Å². The maximum absolute atomic E-state index is 2.29. The SMILES string of the molecule is c1ccc2c(c1)CC[Te]C2. The Morgan fingerprint density at radius 3 is 2.70 bits per heavy atom. The van der Waals surface area contributed by atoms with Gasteiger partial charge in [-0.3, -0.25) is 0 Å². The topological polar surface area (TPSA) is 0 Å². The van der Waals surface area contributed by atoms with Gasteiger partial charge in [0.2, 0.25) is 0 Å². The average Bonchev–Trinajstić information content (AvgIpc) is 2.05. The zero-order valence-electron chi connectivity index (χ0n) is 5.84.